The molecule has 5 rings (SSSR count). The first-order chi connectivity index (χ1) is 23.1. The van der Waals surface area contributed by atoms with Crippen LogP contribution in [0, 0.1) is 6.92 Å². The number of pyridine rings is 1. The van der Waals surface area contributed by atoms with Crippen LogP contribution >= 0.6 is 23.2 Å². The fourth-order valence-electron chi connectivity index (χ4n) is 5.21. The first-order valence-corrected chi connectivity index (χ1v) is 16.1. The summed E-state index contributed by atoms with van der Waals surface area (Å²) in [7, 11) is 0. The largest absolute Gasteiger partial charge is 0.488 e. The highest BCUT2D eigenvalue weighted by atomic mass is 35.5. The van der Waals surface area contributed by atoms with Crippen LogP contribution in [0.1, 0.15) is 22.3 Å². The van der Waals surface area contributed by atoms with Crippen LogP contribution < -0.4 is 24.3 Å². The van der Waals surface area contributed by atoms with Gasteiger partial charge in [0, 0.05) is 30.9 Å². The molecule has 0 radical (unpaired) electrons. The Hall–Kier alpha value is -3.65. The SMILES string of the molecule is Cc1c(COc2cc(OCc3ccnc(Cl)c3)c(CNCC(O)C(O)C(O)C(O)CO)cc2Cl)cccc1-c1ccc2c(c1)OCCO2. The predicted molar refractivity (Wildman–Crippen MR) is 180 cm³/mol. The van der Waals surface area contributed by atoms with Gasteiger partial charge in [0.15, 0.2) is 11.5 Å². The fraction of sp³-hybridized carbons (Fsp3) is 0.343. The third-order valence-corrected chi connectivity index (χ3v) is 8.48. The highest BCUT2D eigenvalue weighted by molar-refractivity contribution is 6.32. The molecule has 4 aromatic rings. The molecule has 256 valence electrons. The molecule has 0 aliphatic carbocycles. The van der Waals surface area contributed by atoms with Crippen LogP contribution in [0.25, 0.3) is 11.1 Å². The molecule has 0 amide bonds. The summed E-state index contributed by atoms with van der Waals surface area (Å²) >= 11 is 12.7. The molecule has 0 fully saturated rings. The molecule has 6 N–H and O–H groups in total. The number of aliphatic hydroxyl groups excluding tert-OH is 5. The molecule has 4 atom stereocenters. The summed E-state index contributed by atoms with van der Waals surface area (Å²) in [6.45, 7) is 2.71. The van der Waals surface area contributed by atoms with Gasteiger partial charge in [-0.3, -0.25) is 0 Å². The van der Waals surface area contributed by atoms with E-state index in [-0.39, 0.29) is 26.3 Å². The number of ether oxygens (including phenoxy) is 4. The van der Waals surface area contributed by atoms with Crippen molar-refractivity contribution < 1.29 is 44.5 Å². The van der Waals surface area contributed by atoms with Gasteiger partial charge >= 0.3 is 0 Å². The number of hydrogen-bond acceptors (Lipinski definition) is 11. The molecule has 0 saturated heterocycles. The Kier molecular flexibility index (Phi) is 12.4. The zero-order chi connectivity index (χ0) is 34.2. The number of halogens is 2. The van der Waals surface area contributed by atoms with Crippen LogP contribution in [-0.4, -0.2) is 81.3 Å². The van der Waals surface area contributed by atoms with Gasteiger partial charge in [-0.15, -0.1) is 0 Å². The maximum Gasteiger partial charge on any atom is 0.161 e. The third kappa shape index (κ3) is 8.87. The maximum atomic E-state index is 10.3. The van der Waals surface area contributed by atoms with E-state index >= 15 is 0 Å². The molecule has 4 unspecified atom stereocenters. The van der Waals surface area contributed by atoms with Crippen LogP contribution in [0.15, 0.2) is 66.9 Å². The number of aliphatic hydroxyl groups is 5. The lowest BCUT2D eigenvalue weighted by molar-refractivity contribution is -0.114. The van der Waals surface area contributed by atoms with E-state index in [0.717, 1.165) is 33.6 Å². The van der Waals surface area contributed by atoms with Crippen LogP contribution in [-0.2, 0) is 19.8 Å². The minimum absolute atomic E-state index is 0.148. The van der Waals surface area contributed by atoms with Gasteiger partial charge in [-0.2, -0.15) is 0 Å². The van der Waals surface area contributed by atoms with Gasteiger partial charge in [-0.05, 0) is 65.1 Å². The van der Waals surface area contributed by atoms with Crippen LogP contribution in [0.5, 0.6) is 23.0 Å². The number of rotatable bonds is 15. The Morgan fingerprint density at radius 3 is 2.35 bits per heavy atom. The highest BCUT2D eigenvalue weighted by Gasteiger charge is 2.29. The zero-order valence-corrected chi connectivity index (χ0v) is 27.7. The van der Waals surface area contributed by atoms with Crippen molar-refractivity contribution in [1.29, 1.82) is 0 Å². The number of aromatic nitrogens is 1. The molecular weight excluding hydrogens is 663 g/mol. The lowest BCUT2D eigenvalue weighted by Gasteiger charge is -2.26. The number of benzene rings is 3. The summed E-state index contributed by atoms with van der Waals surface area (Å²) in [4.78, 5) is 4.00. The van der Waals surface area contributed by atoms with Crippen molar-refractivity contribution in [3.8, 4) is 34.1 Å². The van der Waals surface area contributed by atoms with Crippen LogP contribution in [0.3, 0.4) is 0 Å². The highest BCUT2D eigenvalue weighted by Crippen LogP contribution is 2.37. The summed E-state index contributed by atoms with van der Waals surface area (Å²) in [5.41, 5.74) is 5.44. The summed E-state index contributed by atoms with van der Waals surface area (Å²) < 4.78 is 23.8. The molecule has 2 heterocycles. The predicted octanol–water partition coefficient (Wildman–Crippen LogP) is 3.82. The average molecular weight is 702 g/mol. The van der Waals surface area contributed by atoms with E-state index < -0.39 is 31.0 Å². The van der Waals surface area contributed by atoms with Gasteiger partial charge in [0.2, 0.25) is 0 Å². The number of nitrogens with zero attached hydrogens (tertiary/aromatic N) is 1. The standard InChI is InChI=1S/C35H38Cl2N2O9/c1-20-23(3-2-4-25(20)22-5-6-29-32(13-22)46-10-9-45-29)19-48-31-14-30(47-18-21-7-8-39-33(37)11-21)24(12-26(31)36)15-38-16-27(41)34(43)35(44)28(42)17-40/h2-8,11-14,27-28,34-35,38,40-44H,9-10,15-19H2,1H3. The van der Waals surface area contributed by atoms with Crippen molar-refractivity contribution >= 4 is 23.2 Å². The van der Waals surface area contributed by atoms with Gasteiger partial charge < -0.3 is 49.8 Å². The van der Waals surface area contributed by atoms with Crippen molar-refractivity contribution in [2.24, 2.45) is 0 Å². The quantitative estimate of drug-likeness (QED) is 0.100. The summed E-state index contributed by atoms with van der Waals surface area (Å²) in [5, 5.41) is 52.7. The van der Waals surface area contributed by atoms with E-state index in [1.165, 1.54) is 0 Å². The Balaban J connectivity index is 1.32. The van der Waals surface area contributed by atoms with Gasteiger partial charge in [0.05, 0.1) is 17.7 Å². The molecule has 0 saturated carbocycles. The first-order valence-electron chi connectivity index (χ1n) is 15.4. The Labute approximate surface area is 288 Å². The van der Waals surface area contributed by atoms with E-state index in [0.29, 0.717) is 46.2 Å². The summed E-state index contributed by atoms with van der Waals surface area (Å²) in [6, 6.07) is 18.7. The molecule has 1 aliphatic heterocycles. The molecule has 3 aromatic carbocycles. The average Bonchev–Trinajstić information content (AvgIpc) is 3.10. The Bertz CT molecular complexity index is 1690. The first kappa shape index (κ1) is 35.7. The lowest BCUT2D eigenvalue weighted by atomic mass is 9.96. The third-order valence-electron chi connectivity index (χ3n) is 7.98. The smallest absolute Gasteiger partial charge is 0.161 e. The zero-order valence-electron chi connectivity index (χ0n) is 26.2. The van der Waals surface area contributed by atoms with Gasteiger partial charge in [0.1, 0.15) is 61.4 Å². The molecule has 13 heteroatoms. The summed E-state index contributed by atoms with van der Waals surface area (Å²) in [5.74, 6) is 2.28. The molecule has 0 bridgehead atoms. The molecule has 11 nitrogen and oxygen atoms in total. The van der Waals surface area contributed by atoms with Crippen molar-refractivity contribution in [2.75, 3.05) is 26.4 Å². The monoisotopic (exact) mass is 700 g/mol. The van der Waals surface area contributed by atoms with Crippen LogP contribution in [0.4, 0.5) is 0 Å². The molecule has 1 aliphatic rings. The minimum Gasteiger partial charge on any atom is -0.488 e. The number of nitrogens with one attached hydrogen (secondary N) is 1. The van der Waals surface area contributed by atoms with Crippen molar-refractivity contribution in [3.05, 3.63) is 99.3 Å². The second-order valence-corrected chi connectivity index (χ2v) is 12.1. The Morgan fingerprint density at radius 1 is 0.833 bits per heavy atom. The van der Waals surface area contributed by atoms with E-state index in [2.05, 4.69) is 10.3 Å². The van der Waals surface area contributed by atoms with Gasteiger partial charge in [0.25, 0.3) is 0 Å². The summed E-state index contributed by atoms with van der Waals surface area (Å²) in [6.07, 6.45) is -4.88. The van der Waals surface area contributed by atoms with Crippen molar-refractivity contribution in [2.45, 2.75) is 51.1 Å². The molecule has 0 spiro atoms. The van der Waals surface area contributed by atoms with Gasteiger partial charge in [-0.25, -0.2) is 4.98 Å². The molecule has 48 heavy (non-hydrogen) atoms. The molecular formula is C35H38Cl2N2O9. The topological polar surface area (TPSA) is 163 Å². The second kappa shape index (κ2) is 16.6. The normalized spacial score (nSPS) is 15.0. The van der Waals surface area contributed by atoms with E-state index in [1.54, 1.807) is 30.5 Å². The van der Waals surface area contributed by atoms with E-state index in [1.807, 2.05) is 43.3 Å². The minimum atomic E-state index is -1.73. The maximum absolute atomic E-state index is 10.3. The van der Waals surface area contributed by atoms with Gasteiger partial charge in [-0.1, -0.05) is 47.5 Å². The van der Waals surface area contributed by atoms with Crippen LogP contribution in [0.2, 0.25) is 10.2 Å². The van der Waals surface area contributed by atoms with E-state index in [4.69, 9.17) is 47.3 Å². The van der Waals surface area contributed by atoms with Crippen molar-refractivity contribution in [3.63, 3.8) is 0 Å². The second-order valence-electron chi connectivity index (χ2n) is 11.3. The Morgan fingerprint density at radius 2 is 1.58 bits per heavy atom. The molecule has 1 aromatic heterocycles. The van der Waals surface area contributed by atoms with Crippen molar-refractivity contribution in [1.82, 2.24) is 10.3 Å². The lowest BCUT2D eigenvalue weighted by Crippen LogP contribution is -2.48. The number of hydrogen-bond donors (Lipinski definition) is 6. The van der Waals surface area contributed by atoms with E-state index in [9.17, 15) is 20.4 Å². The fourth-order valence-corrected chi connectivity index (χ4v) is 5.65. The number of fused-ring (bicyclic) bond motifs is 1.